The number of benzene rings is 2. The molecule has 0 unspecified atom stereocenters. The predicted octanol–water partition coefficient (Wildman–Crippen LogP) is 5.14. The lowest BCUT2D eigenvalue weighted by molar-refractivity contribution is 0.865. The Morgan fingerprint density at radius 2 is 1.71 bits per heavy atom. The summed E-state index contributed by atoms with van der Waals surface area (Å²) in [6, 6.07) is 14.8. The topological polar surface area (TPSA) is 15.3 Å². The van der Waals surface area contributed by atoms with Crippen molar-refractivity contribution < 1.29 is 0 Å². The molecule has 0 saturated heterocycles. The normalized spacial score (nSPS) is 10.8. The van der Waals surface area contributed by atoms with Crippen LogP contribution in [0.5, 0.6) is 0 Å². The monoisotopic (exact) mass is 302 g/mol. The molecule has 1 N–H and O–H groups in total. The van der Waals surface area contributed by atoms with Gasteiger partial charge in [0.2, 0.25) is 0 Å². The number of rotatable bonds is 5. The average molecular weight is 303 g/mol. The van der Waals surface area contributed by atoms with Crippen molar-refractivity contribution in [2.45, 2.75) is 26.3 Å². The molecule has 0 aromatic heterocycles. The van der Waals surface area contributed by atoms with Gasteiger partial charge in [-0.05, 0) is 35.2 Å². The first-order valence-electron chi connectivity index (χ1n) is 7.27. The van der Waals surface area contributed by atoms with Gasteiger partial charge in [-0.25, -0.2) is 0 Å². The highest BCUT2D eigenvalue weighted by Gasteiger charge is 2.04. The molecule has 0 fully saturated rings. The predicted molar refractivity (Wildman–Crippen MR) is 93.6 cm³/mol. The second-order valence-electron chi connectivity index (χ2n) is 5.81. The van der Waals surface area contributed by atoms with Crippen LogP contribution in [0, 0.1) is 0 Å². The second kappa shape index (κ2) is 6.86. The first kappa shape index (κ1) is 15.7. The third-order valence-corrected chi connectivity index (χ3v) is 3.88. The number of hydrogen-bond donors (Lipinski definition) is 1. The van der Waals surface area contributed by atoms with Crippen molar-refractivity contribution in [1.29, 1.82) is 0 Å². The standard InChI is InChI=1S/C18H23ClN2/c1-13(2)15-7-5-14(6-8-15)12-20-16-9-10-18(21(3)4)17(19)11-16/h5-11,13,20H,12H2,1-4H3. The Morgan fingerprint density at radius 1 is 1.05 bits per heavy atom. The minimum absolute atomic E-state index is 0.574. The molecule has 0 amide bonds. The van der Waals surface area contributed by atoms with E-state index in [2.05, 4.69) is 49.5 Å². The van der Waals surface area contributed by atoms with Gasteiger partial charge in [0.25, 0.3) is 0 Å². The van der Waals surface area contributed by atoms with E-state index in [1.807, 2.05) is 31.1 Å². The first-order valence-corrected chi connectivity index (χ1v) is 7.64. The molecule has 0 heterocycles. The van der Waals surface area contributed by atoms with Gasteiger partial charge in [-0.3, -0.25) is 0 Å². The highest BCUT2D eigenvalue weighted by atomic mass is 35.5. The molecule has 3 heteroatoms. The average Bonchev–Trinajstić information content (AvgIpc) is 2.45. The second-order valence-corrected chi connectivity index (χ2v) is 6.22. The van der Waals surface area contributed by atoms with Crippen LogP contribution in [0.2, 0.25) is 5.02 Å². The minimum atomic E-state index is 0.574. The summed E-state index contributed by atoms with van der Waals surface area (Å²) < 4.78 is 0. The summed E-state index contributed by atoms with van der Waals surface area (Å²) in [5, 5.41) is 4.18. The fourth-order valence-corrected chi connectivity index (χ4v) is 2.55. The van der Waals surface area contributed by atoms with Crippen molar-refractivity contribution in [3.05, 3.63) is 58.6 Å². The van der Waals surface area contributed by atoms with Crippen molar-refractivity contribution in [3.8, 4) is 0 Å². The SMILES string of the molecule is CC(C)c1ccc(CNc2ccc(N(C)C)c(Cl)c2)cc1. The van der Waals surface area contributed by atoms with Crippen molar-refractivity contribution in [1.82, 2.24) is 0 Å². The van der Waals surface area contributed by atoms with E-state index in [-0.39, 0.29) is 0 Å². The number of nitrogens with one attached hydrogen (secondary N) is 1. The van der Waals surface area contributed by atoms with Gasteiger partial charge < -0.3 is 10.2 Å². The van der Waals surface area contributed by atoms with Crippen LogP contribution in [0.1, 0.15) is 30.9 Å². The van der Waals surface area contributed by atoms with Crippen molar-refractivity contribution >= 4 is 23.0 Å². The summed E-state index contributed by atoms with van der Waals surface area (Å²) in [5.41, 5.74) is 4.71. The summed E-state index contributed by atoms with van der Waals surface area (Å²) in [7, 11) is 3.98. The Morgan fingerprint density at radius 3 is 2.24 bits per heavy atom. The molecule has 2 aromatic carbocycles. The molecule has 0 bridgehead atoms. The number of halogens is 1. The lowest BCUT2D eigenvalue weighted by atomic mass is 10.0. The van der Waals surface area contributed by atoms with E-state index in [4.69, 9.17) is 11.6 Å². The molecule has 0 saturated carbocycles. The van der Waals surface area contributed by atoms with E-state index in [0.717, 1.165) is 22.9 Å². The Kier molecular flexibility index (Phi) is 5.13. The molecule has 2 rings (SSSR count). The Balaban J connectivity index is 2.01. The van der Waals surface area contributed by atoms with Gasteiger partial charge in [0.15, 0.2) is 0 Å². The van der Waals surface area contributed by atoms with Crippen LogP contribution in [-0.4, -0.2) is 14.1 Å². The fourth-order valence-electron chi connectivity index (χ4n) is 2.20. The number of nitrogens with zero attached hydrogens (tertiary/aromatic N) is 1. The molecule has 0 aliphatic rings. The van der Waals surface area contributed by atoms with Gasteiger partial charge in [-0.15, -0.1) is 0 Å². The quantitative estimate of drug-likeness (QED) is 0.822. The van der Waals surface area contributed by atoms with Crippen molar-refractivity contribution in [2.24, 2.45) is 0 Å². The maximum Gasteiger partial charge on any atom is 0.0659 e. The van der Waals surface area contributed by atoms with E-state index in [1.165, 1.54) is 11.1 Å². The Bertz CT molecular complexity index is 589. The van der Waals surface area contributed by atoms with Crippen molar-refractivity contribution in [3.63, 3.8) is 0 Å². The maximum absolute atomic E-state index is 6.28. The lowest BCUT2D eigenvalue weighted by Crippen LogP contribution is -2.09. The largest absolute Gasteiger partial charge is 0.381 e. The zero-order valence-electron chi connectivity index (χ0n) is 13.2. The third-order valence-electron chi connectivity index (χ3n) is 3.57. The summed E-state index contributed by atoms with van der Waals surface area (Å²) in [6.07, 6.45) is 0. The van der Waals surface area contributed by atoms with Crippen LogP contribution in [0.25, 0.3) is 0 Å². The smallest absolute Gasteiger partial charge is 0.0659 e. The third kappa shape index (κ3) is 4.15. The minimum Gasteiger partial charge on any atom is -0.381 e. The van der Waals surface area contributed by atoms with Crippen LogP contribution >= 0.6 is 11.6 Å². The molecular formula is C18H23ClN2. The summed E-state index contributed by atoms with van der Waals surface area (Å²) >= 11 is 6.28. The Hall–Kier alpha value is -1.67. The molecule has 0 aliphatic heterocycles. The molecular weight excluding hydrogens is 280 g/mol. The zero-order chi connectivity index (χ0) is 15.4. The van der Waals surface area contributed by atoms with Crippen LogP contribution in [0.3, 0.4) is 0 Å². The summed E-state index contributed by atoms with van der Waals surface area (Å²) in [5.74, 6) is 0.574. The first-order chi connectivity index (χ1) is 9.97. The zero-order valence-corrected chi connectivity index (χ0v) is 13.9. The van der Waals surface area contributed by atoms with E-state index in [1.54, 1.807) is 0 Å². The highest BCUT2D eigenvalue weighted by molar-refractivity contribution is 6.33. The van der Waals surface area contributed by atoms with Gasteiger partial charge >= 0.3 is 0 Å². The molecule has 0 spiro atoms. The van der Waals surface area contributed by atoms with E-state index < -0.39 is 0 Å². The van der Waals surface area contributed by atoms with Gasteiger partial charge in [-0.2, -0.15) is 0 Å². The van der Waals surface area contributed by atoms with Crippen LogP contribution in [0.15, 0.2) is 42.5 Å². The van der Waals surface area contributed by atoms with Crippen molar-refractivity contribution in [2.75, 3.05) is 24.3 Å². The Labute approximate surface area is 132 Å². The van der Waals surface area contributed by atoms with E-state index in [0.29, 0.717) is 5.92 Å². The van der Waals surface area contributed by atoms with E-state index >= 15 is 0 Å². The number of anilines is 2. The van der Waals surface area contributed by atoms with Gasteiger partial charge in [0, 0.05) is 26.3 Å². The molecule has 2 nitrogen and oxygen atoms in total. The van der Waals surface area contributed by atoms with Gasteiger partial charge in [-0.1, -0.05) is 49.7 Å². The summed E-state index contributed by atoms with van der Waals surface area (Å²) in [4.78, 5) is 2.01. The van der Waals surface area contributed by atoms with Crippen LogP contribution < -0.4 is 10.2 Å². The molecule has 0 radical (unpaired) electrons. The highest BCUT2D eigenvalue weighted by Crippen LogP contribution is 2.27. The molecule has 2 aromatic rings. The molecule has 0 aliphatic carbocycles. The molecule has 21 heavy (non-hydrogen) atoms. The van der Waals surface area contributed by atoms with Crippen LogP contribution in [-0.2, 0) is 6.54 Å². The maximum atomic E-state index is 6.28. The lowest BCUT2D eigenvalue weighted by Gasteiger charge is -2.16. The van der Waals surface area contributed by atoms with Crippen LogP contribution in [0.4, 0.5) is 11.4 Å². The van der Waals surface area contributed by atoms with E-state index in [9.17, 15) is 0 Å². The molecule has 112 valence electrons. The van der Waals surface area contributed by atoms with Gasteiger partial charge in [0.05, 0.1) is 10.7 Å². The number of hydrogen-bond acceptors (Lipinski definition) is 2. The fraction of sp³-hybridized carbons (Fsp3) is 0.333. The molecule has 0 atom stereocenters. The summed E-state index contributed by atoms with van der Waals surface area (Å²) in [6.45, 7) is 5.22. The van der Waals surface area contributed by atoms with Gasteiger partial charge in [0.1, 0.15) is 0 Å².